The van der Waals surface area contributed by atoms with Gasteiger partial charge >= 0.3 is 5.97 Å². The molecule has 1 aliphatic carbocycles. The van der Waals surface area contributed by atoms with E-state index in [4.69, 9.17) is 4.74 Å². The van der Waals surface area contributed by atoms with Crippen LogP contribution in [0.25, 0.3) is 0 Å². The van der Waals surface area contributed by atoms with E-state index >= 15 is 0 Å². The maximum absolute atomic E-state index is 12.6. The van der Waals surface area contributed by atoms with Gasteiger partial charge in [0, 0.05) is 18.8 Å². The van der Waals surface area contributed by atoms with E-state index in [1.54, 1.807) is 12.1 Å². The van der Waals surface area contributed by atoms with E-state index in [0.717, 1.165) is 25.7 Å². The second-order valence-corrected chi connectivity index (χ2v) is 8.71. The van der Waals surface area contributed by atoms with Crippen LogP contribution < -0.4 is 5.32 Å². The number of esters is 1. The summed E-state index contributed by atoms with van der Waals surface area (Å²) in [5.41, 5.74) is 0.358. The Bertz CT molecular complexity index is 828. The molecule has 1 fully saturated rings. The van der Waals surface area contributed by atoms with Crippen molar-refractivity contribution >= 4 is 27.6 Å². The lowest BCUT2D eigenvalue weighted by atomic mass is 9.95. The number of allylic oxidation sites excluding steroid dienone is 2. The molecule has 0 radical (unpaired) electrons. The maximum Gasteiger partial charge on any atom is 0.309 e. The zero-order valence-corrected chi connectivity index (χ0v) is 15.9. The molecule has 1 atom stereocenters. The third-order valence-corrected chi connectivity index (χ3v) is 6.66. The van der Waals surface area contributed by atoms with Crippen molar-refractivity contribution in [2.24, 2.45) is 5.92 Å². The lowest BCUT2D eigenvalue weighted by molar-refractivity contribution is -0.151. The highest BCUT2D eigenvalue weighted by Crippen LogP contribution is 2.23. The Morgan fingerprint density at radius 3 is 2.67 bits per heavy atom. The fourth-order valence-corrected chi connectivity index (χ4v) is 4.83. The molecule has 0 saturated carbocycles. The van der Waals surface area contributed by atoms with Crippen molar-refractivity contribution < 1.29 is 22.7 Å². The second kappa shape index (κ2) is 8.67. The Hall–Kier alpha value is -2.19. The predicted molar refractivity (Wildman–Crippen MR) is 101 cm³/mol. The minimum Gasteiger partial charge on any atom is -0.455 e. The molecule has 0 unspecified atom stereocenters. The van der Waals surface area contributed by atoms with Gasteiger partial charge in [-0.25, -0.2) is 8.42 Å². The van der Waals surface area contributed by atoms with Crippen LogP contribution in [0.4, 0.5) is 5.69 Å². The number of amides is 1. The highest BCUT2D eigenvalue weighted by Gasteiger charge is 2.27. The highest BCUT2D eigenvalue weighted by atomic mass is 32.2. The van der Waals surface area contributed by atoms with E-state index < -0.39 is 15.9 Å². The van der Waals surface area contributed by atoms with Gasteiger partial charge in [0.1, 0.15) is 0 Å². The first kappa shape index (κ1) is 19.6. The van der Waals surface area contributed by atoms with Gasteiger partial charge in [0.05, 0.1) is 10.8 Å². The minimum absolute atomic E-state index is 0.146. The Kier molecular flexibility index (Phi) is 6.28. The van der Waals surface area contributed by atoms with Crippen LogP contribution in [0.15, 0.2) is 41.3 Å². The third-order valence-electron chi connectivity index (χ3n) is 4.77. The maximum atomic E-state index is 12.6. The molecule has 0 spiro atoms. The van der Waals surface area contributed by atoms with Gasteiger partial charge in [-0.1, -0.05) is 18.2 Å². The molecule has 1 aromatic carbocycles. The quantitative estimate of drug-likeness (QED) is 0.592. The molecule has 27 heavy (non-hydrogen) atoms. The summed E-state index contributed by atoms with van der Waals surface area (Å²) in [6.07, 6.45) is 7.89. The van der Waals surface area contributed by atoms with Gasteiger partial charge in [-0.05, 0) is 50.3 Å². The topological polar surface area (TPSA) is 92.8 Å². The van der Waals surface area contributed by atoms with E-state index in [1.807, 2.05) is 12.2 Å². The third kappa shape index (κ3) is 4.95. The van der Waals surface area contributed by atoms with Gasteiger partial charge in [-0.2, -0.15) is 4.31 Å². The van der Waals surface area contributed by atoms with Crippen molar-refractivity contribution in [2.75, 3.05) is 25.0 Å². The number of sulfonamides is 1. The number of carbonyl (C=O) groups is 2. The predicted octanol–water partition coefficient (Wildman–Crippen LogP) is 2.31. The summed E-state index contributed by atoms with van der Waals surface area (Å²) in [5.74, 6) is -1.07. The van der Waals surface area contributed by atoms with Crippen LogP contribution in [-0.2, 0) is 24.3 Å². The summed E-state index contributed by atoms with van der Waals surface area (Å²) < 4.78 is 31.7. The molecule has 2 aliphatic rings. The smallest absolute Gasteiger partial charge is 0.309 e. The fourth-order valence-electron chi connectivity index (χ4n) is 3.27. The van der Waals surface area contributed by atoms with Crippen LogP contribution in [0.2, 0.25) is 0 Å². The van der Waals surface area contributed by atoms with Gasteiger partial charge in [0.25, 0.3) is 5.91 Å². The Labute approximate surface area is 159 Å². The number of hydrogen-bond donors (Lipinski definition) is 1. The molecule has 1 amide bonds. The number of benzene rings is 1. The number of nitrogens with one attached hydrogen (secondary N) is 1. The number of anilines is 1. The Balaban J connectivity index is 1.56. The monoisotopic (exact) mass is 392 g/mol. The molecule has 7 nitrogen and oxygen atoms in total. The molecule has 8 heteroatoms. The number of nitrogens with zero attached hydrogens (tertiary/aromatic N) is 1. The lowest BCUT2D eigenvalue weighted by Gasteiger charge is -2.17. The molecule has 1 saturated heterocycles. The SMILES string of the molecule is O=C(COC(=O)[C@H]1CC=CCC1)Nc1cccc(S(=O)(=O)N2CCCC2)c1. The molecular formula is C19H24N2O5S. The van der Waals surface area contributed by atoms with Crippen LogP contribution in [0.3, 0.4) is 0 Å². The second-order valence-electron chi connectivity index (χ2n) is 6.78. The Morgan fingerprint density at radius 2 is 1.96 bits per heavy atom. The van der Waals surface area contributed by atoms with Crippen molar-refractivity contribution in [2.45, 2.75) is 37.0 Å². The summed E-state index contributed by atoms with van der Waals surface area (Å²) in [6.45, 7) is 0.651. The van der Waals surface area contributed by atoms with E-state index in [2.05, 4.69) is 5.32 Å². The first-order chi connectivity index (χ1) is 13.0. The zero-order valence-electron chi connectivity index (χ0n) is 15.1. The van der Waals surface area contributed by atoms with Gasteiger partial charge in [-0.3, -0.25) is 9.59 Å². The summed E-state index contributed by atoms with van der Waals surface area (Å²) >= 11 is 0. The number of hydrogen-bond acceptors (Lipinski definition) is 5. The number of carbonyl (C=O) groups excluding carboxylic acids is 2. The van der Waals surface area contributed by atoms with Crippen LogP contribution >= 0.6 is 0 Å². The zero-order chi connectivity index (χ0) is 19.3. The standard InChI is InChI=1S/C19H24N2O5S/c22-18(14-26-19(23)15-7-2-1-3-8-15)20-16-9-6-10-17(13-16)27(24,25)21-11-4-5-12-21/h1-2,6,9-10,13,15H,3-5,7-8,11-12,14H2,(H,20,22)/t15-/m0/s1. The average molecular weight is 392 g/mol. The van der Waals surface area contributed by atoms with E-state index in [9.17, 15) is 18.0 Å². The van der Waals surface area contributed by atoms with Crippen LogP contribution in [0.1, 0.15) is 32.1 Å². The molecular weight excluding hydrogens is 368 g/mol. The van der Waals surface area contributed by atoms with Crippen molar-refractivity contribution in [3.8, 4) is 0 Å². The minimum atomic E-state index is -3.55. The molecule has 1 N–H and O–H groups in total. The molecule has 1 aliphatic heterocycles. The molecule has 1 aromatic rings. The summed E-state index contributed by atoms with van der Waals surface area (Å²) in [5, 5.41) is 2.59. The van der Waals surface area contributed by atoms with Crippen LogP contribution in [0, 0.1) is 5.92 Å². The van der Waals surface area contributed by atoms with Gasteiger partial charge < -0.3 is 10.1 Å². The van der Waals surface area contributed by atoms with E-state index in [1.165, 1.54) is 16.4 Å². The number of rotatable bonds is 6. The lowest BCUT2D eigenvalue weighted by Crippen LogP contribution is -2.28. The largest absolute Gasteiger partial charge is 0.455 e. The van der Waals surface area contributed by atoms with E-state index in [-0.39, 0.29) is 23.4 Å². The Morgan fingerprint density at radius 1 is 1.19 bits per heavy atom. The van der Waals surface area contributed by atoms with Gasteiger partial charge in [-0.15, -0.1) is 0 Å². The summed E-state index contributed by atoms with van der Waals surface area (Å²) in [4.78, 5) is 24.2. The first-order valence-corrected chi connectivity index (χ1v) is 10.6. The van der Waals surface area contributed by atoms with Crippen molar-refractivity contribution in [1.82, 2.24) is 4.31 Å². The fraction of sp³-hybridized carbons (Fsp3) is 0.474. The molecule has 0 bridgehead atoms. The summed E-state index contributed by atoms with van der Waals surface area (Å²) in [7, 11) is -3.55. The molecule has 1 heterocycles. The van der Waals surface area contributed by atoms with Gasteiger partial charge in [0.15, 0.2) is 6.61 Å². The summed E-state index contributed by atoms with van der Waals surface area (Å²) in [6, 6.07) is 6.13. The van der Waals surface area contributed by atoms with Crippen molar-refractivity contribution in [3.05, 3.63) is 36.4 Å². The van der Waals surface area contributed by atoms with Crippen molar-refractivity contribution in [1.29, 1.82) is 0 Å². The van der Waals surface area contributed by atoms with Crippen molar-refractivity contribution in [3.63, 3.8) is 0 Å². The molecule has 146 valence electrons. The molecule has 0 aromatic heterocycles. The average Bonchev–Trinajstić information content (AvgIpc) is 3.23. The normalized spacial score (nSPS) is 20.4. The highest BCUT2D eigenvalue weighted by molar-refractivity contribution is 7.89. The van der Waals surface area contributed by atoms with E-state index in [0.29, 0.717) is 25.2 Å². The van der Waals surface area contributed by atoms with Crippen LogP contribution in [-0.4, -0.2) is 44.3 Å². The first-order valence-electron chi connectivity index (χ1n) is 9.18. The number of ether oxygens (including phenoxy) is 1. The van der Waals surface area contributed by atoms with Crippen LogP contribution in [0.5, 0.6) is 0 Å². The molecule has 3 rings (SSSR count). The van der Waals surface area contributed by atoms with Gasteiger partial charge in [0.2, 0.25) is 10.0 Å².